The Balaban J connectivity index is 1.43. The van der Waals surface area contributed by atoms with E-state index < -0.39 is 37.2 Å². The van der Waals surface area contributed by atoms with Crippen molar-refractivity contribution >= 4 is 5.91 Å². The van der Waals surface area contributed by atoms with Crippen LogP contribution in [-0.2, 0) is 19.8 Å². The topological polar surface area (TPSA) is 79.4 Å². The van der Waals surface area contributed by atoms with Gasteiger partial charge in [-0.05, 0) is 29.8 Å². The van der Waals surface area contributed by atoms with Crippen molar-refractivity contribution in [1.82, 2.24) is 9.88 Å². The van der Waals surface area contributed by atoms with Gasteiger partial charge in [0.2, 0.25) is 0 Å². The maximum absolute atomic E-state index is 13.8. The molecule has 1 aromatic heterocycles. The van der Waals surface area contributed by atoms with Crippen molar-refractivity contribution in [3.05, 3.63) is 53.5 Å². The number of alkyl halides is 3. The van der Waals surface area contributed by atoms with Crippen LogP contribution in [0.4, 0.5) is 17.6 Å². The van der Waals surface area contributed by atoms with Crippen molar-refractivity contribution in [1.29, 1.82) is 0 Å². The molecular weight excluding hydrogens is 464 g/mol. The summed E-state index contributed by atoms with van der Waals surface area (Å²) in [4.78, 5) is 18.8. The normalized spacial score (nSPS) is 22.4. The van der Waals surface area contributed by atoms with Gasteiger partial charge in [0.1, 0.15) is 36.6 Å². The van der Waals surface area contributed by atoms with E-state index in [2.05, 4.69) is 9.72 Å². The lowest BCUT2D eigenvalue weighted by Gasteiger charge is -2.41. The number of ether oxygens (including phenoxy) is 5. The largest absolute Gasteiger partial charge is 0.522 e. The number of rotatable bonds is 7. The molecule has 2 aromatic rings. The van der Waals surface area contributed by atoms with Gasteiger partial charge in [-0.15, -0.1) is 13.2 Å². The summed E-state index contributed by atoms with van der Waals surface area (Å²) < 4.78 is 75.6. The number of piperidine rings is 1. The van der Waals surface area contributed by atoms with E-state index in [9.17, 15) is 22.4 Å². The molecule has 184 valence electrons. The lowest BCUT2D eigenvalue weighted by Crippen LogP contribution is -2.53. The third-order valence-corrected chi connectivity index (χ3v) is 5.69. The van der Waals surface area contributed by atoms with Gasteiger partial charge in [-0.1, -0.05) is 12.1 Å². The van der Waals surface area contributed by atoms with E-state index in [1.54, 1.807) is 17.0 Å². The van der Waals surface area contributed by atoms with Gasteiger partial charge < -0.3 is 23.8 Å². The number of hydrogen-bond donors (Lipinski definition) is 0. The second-order valence-corrected chi connectivity index (χ2v) is 7.67. The number of halogens is 4. The standard InChI is InChI=1S/C22H22F4N2O6/c1-30-19-17(31-9-10-33-22(24,25)26)6-5-16(27-19)20(29)28-8-7-21(18(12-28)32-13-34-21)14-3-2-4-15(23)11-14/h2-6,11,18H,7-10,12-13H2,1H3. The van der Waals surface area contributed by atoms with Crippen LogP contribution in [0.2, 0.25) is 0 Å². The highest BCUT2D eigenvalue weighted by Crippen LogP contribution is 2.43. The molecule has 2 aliphatic heterocycles. The van der Waals surface area contributed by atoms with Gasteiger partial charge in [0, 0.05) is 13.0 Å². The molecule has 2 atom stereocenters. The summed E-state index contributed by atoms with van der Waals surface area (Å²) in [5.74, 6) is -0.762. The lowest BCUT2D eigenvalue weighted by molar-refractivity contribution is -0.325. The first-order valence-corrected chi connectivity index (χ1v) is 10.4. The maximum Gasteiger partial charge on any atom is 0.522 e. The Hall–Kier alpha value is -2.96. The van der Waals surface area contributed by atoms with E-state index in [-0.39, 0.29) is 36.5 Å². The first kappa shape index (κ1) is 24.2. The van der Waals surface area contributed by atoms with Crippen LogP contribution in [0.5, 0.6) is 11.6 Å². The summed E-state index contributed by atoms with van der Waals surface area (Å²) in [6.07, 6.45) is -4.86. The minimum atomic E-state index is -4.75. The molecule has 3 heterocycles. The molecule has 2 aliphatic rings. The average molecular weight is 486 g/mol. The minimum Gasteiger partial charge on any atom is -0.486 e. The monoisotopic (exact) mass is 486 g/mol. The molecular formula is C22H22F4N2O6. The van der Waals surface area contributed by atoms with E-state index in [0.717, 1.165) is 0 Å². The number of carbonyl (C=O) groups excluding carboxylic acids is 1. The number of nitrogens with zero attached hydrogens (tertiary/aromatic N) is 2. The number of benzene rings is 1. The van der Waals surface area contributed by atoms with Gasteiger partial charge >= 0.3 is 6.36 Å². The zero-order chi connectivity index (χ0) is 24.3. The maximum atomic E-state index is 13.8. The minimum absolute atomic E-state index is 0.0272. The fraction of sp³-hybridized carbons (Fsp3) is 0.455. The molecule has 0 radical (unpaired) electrons. The van der Waals surface area contributed by atoms with E-state index in [1.807, 2.05) is 0 Å². The highest BCUT2D eigenvalue weighted by atomic mass is 19.4. The zero-order valence-corrected chi connectivity index (χ0v) is 18.1. The summed E-state index contributed by atoms with van der Waals surface area (Å²) in [6, 6.07) is 8.91. The average Bonchev–Trinajstić information content (AvgIpc) is 3.25. The summed E-state index contributed by atoms with van der Waals surface area (Å²) >= 11 is 0. The Morgan fingerprint density at radius 1 is 1.26 bits per heavy atom. The van der Waals surface area contributed by atoms with Crippen LogP contribution >= 0.6 is 0 Å². The molecule has 2 fully saturated rings. The highest BCUT2D eigenvalue weighted by Gasteiger charge is 2.51. The van der Waals surface area contributed by atoms with Crippen LogP contribution in [0.3, 0.4) is 0 Å². The first-order chi connectivity index (χ1) is 16.2. The Kier molecular flexibility index (Phi) is 6.91. The van der Waals surface area contributed by atoms with Crippen molar-refractivity contribution in [2.45, 2.75) is 24.5 Å². The lowest BCUT2D eigenvalue weighted by atomic mass is 9.82. The molecule has 2 unspecified atom stereocenters. The molecule has 1 amide bonds. The first-order valence-electron chi connectivity index (χ1n) is 10.4. The number of carbonyl (C=O) groups is 1. The van der Waals surface area contributed by atoms with E-state index >= 15 is 0 Å². The fourth-order valence-corrected chi connectivity index (χ4v) is 4.10. The number of methoxy groups -OCH3 is 1. The Morgan fingerprint density at radius 3 is 2.82 bits per heavy atom. The van der Waals surface area contributed by atoms with Crippen LogP contribution in [0.25, 0.3) is 0 Å². The van der Waals surface area contributed by atoms with Crippen LogP contribution < -0.4 is 9.47 Å². The molecule has 34 heavy (non-hydrogen) atoms. The number of amides is 1. The molecule has 2 saturated heterocycles. The third-order valence-electron chi connectivity index (χ3n) is 5.69. The Labute approximate surface area is 192 Å². The number of hydrogen-bond acceptors (Lipinski definition) is 7. The number of aromatic nitrogens is 1. The smallest absolute Gasteiger partial charge is 0.486 e. The van der Waals surface area contributed by atoms with Gasteiger partial charge in [-0.3, -0.25) is 9.53 Å². The zero-order valence-electron chi connectivity index (χ0n) is 18.1. The third kappa shape index (κ3) is 5.08. The second-order valence-electron chi connectivity index (χ2n) is 7.67. The SMILES string of the molecule is COc1nc(C(=O)N2CCC3(c4cccc(F)c4)OCOC3C2)ccc1OCCOC(F)(F)F. The predicted molar refractivity (Wildman–Crippen MR) is 108 cm³/mol. The summed E-state index contributed by atoms with van der Waals surface area (Å²) in [7, 11) is 1.30. The second kappa shape index (κ2) is 9.72. The number of pyridine rings is 1. The molecule has 0 saturated carbocycles. The highest BCUT2D eigenvalue weighted by molar-refractivity contribution is 5.92. The molecule has 0 spiro atoms. The summed E-state index contributed by atoms with van der Waals surface area (Å²) in [5.41, 5.74) is -0.133. The van der Waals surface area contributed by atoms with E-state index in [4.69, 9.17) is 18.9 Å². The van der Waals surface area contributed by atoms with Crippen molar-refractivity contribution in [2.24, 2.45) is 0 Å². The number of fused-ring (bicyclic) bond motifs is 1. The number of likely N-dealkylation sites (tertiary alicyclic amines) is 1. The van der Waals surface area contributed by atoms with Crippen LogP contribution in [0.15, 0.2) is 36.4 Å². The Morgan fingerprint density at radius 2 is 2.09 bits per heavy atom. The van der Waals surface area contributed by atoms with Crippen molar-refractivity contribution in [2.75, 3.05) is 40.2 Å². The fourth-order valence-electron chi connectivity index (χ4n) is 4.10. The van der Waals surface area contributed by atoms with E-state index in [0.29, 0.717) is 18.5 Å². The van der Waals surface area contributed by atoms with Gasteiger partial charge in [-0.2, -0.15) is 0 Å². The summed E-state index contributed by atoms with van der Waals surface area (Å²) in [5, 5.41) is 0. The molecule has 1 aromatic carbocycles. The van der Waals surface area contributed by atoms with Gasteiger partial charge in [0.15, 0.2) is 5.75 Å². The molecule has 0 N–H and O–H groups in total. The Bertz CT molecular complexity index is 1040. The van der Waals surface area contributed by atoms with Crippen LogP contribution in [0.1, 0.15) is 22.5 Å². The van der Waals surface area contributed by atoms with Crippen molar-refractivity contribution < 1.29 is 46.0 Å². The molecule has 12 heteroatoms. The van der Waals surface area contributed by atoms with Crippen molar-refractivity contribution in [3.63, 3.8) is 0 Å². The predicted octanol–water partition coefficient (Wildman–Crippen LogP) is 3.26. The van der Waals surface area contributed by atoms with Crippen LogP contribution in [0, 0.1) is 5.82 Å². The van der Waals surface area contributed by atoms with Gasteiger partial charge in [0.25, 0.3) is 11.8 Å². The molecule has 8 nitrogen and oxygen atoms in total. The summed E-state index contributed by atoms with van der Waals surface area (Å²) in [6.45, 7) is -0.562. The van der Waals surface area contributed by atoms with E-state index in [1.165, 1.54) is 31.4 Å². The molecule has 0 aliphatic carbocycles. The molecule has 4 rings (SSSR count). The van der Waals surface area contributed by atoms with Crippen molar-refractivity contribution in [3.8, 4) is 11.6 Å². The molecule has 0 bridgehead atoms. The van der Waals surface area contributed by atoms with Crippen LogP contribution in [-0.4, -0.2) is 68.5 Å². The van der Waals surface area contributed by atoms with Gasteiger partial charge in [0.05, 0.1) is 20.3 Å². The quantitative estimate of drug-likeness (QED) is 0.439. The van der Waals surface area contributed by atoms with Gasteiger partial charge in [-0.25, -0.2) is 9.37 Å².